The molecule has 0 bridgehead atoms. The summed E-state index contributed by atoms with van der Waals surface area (Å²) in [5.41, 5.74) is 0.949. The van der Waals surface area contributed by atoms with Gasteiger partial charge in [0, 0.05) is 32.6 Å². The number of hydrogen-bond donors (Lipinski definition) is 2. The van der Waals surface area contributed by atoms with Gasteiger partial charge in [-0.2, -0.15) is 5.10 Å². The molecular weight excluding hydrogens is 244 g/mol. The maximum Gasteiger partial charge on any atom is 0.290 e. The third kappa shape index (κ3) is 3.64. The Bertz CT molecular complexity index is 544. The molecule has 2 N–H and O–H groups in total. The van der Waals surface area contributed by atoms with Crippen LogP contribution >= 0.6 is 0 Å². The van der Waals surface area contributed by atoms with Crippen LogP contribution in [0.2, 0.25) is 0 Å². The van der Waals surface area contributed by atoms with E-state index in [9.17, 15) is 4.79 Å². The molecule has 0 aliphatic rings. The van der Waals surface area contributed by atoms with Crippen molar-refractivity contribution in [1.82, 2.24) is 30.3 Å². The molecule has 0 aliphatic carbocycles. The van der Waals surface area contributed by atoms with E-state index in [-0.39, 0.29) is 11.7 Å². The van der Waals surface area contributed by atoms with Gasteiger partial charge in [0.05, 0.1) is 5.69 Å². The molecule has 0 fully saturated rings. The Hall–Kier alpha value is -2.18. The zero-order chi connectivity index (χ0) is 13.7. The zero-order valence-corrected chi connectivity index (χ0v) is 11.2. The van der Waals surface area contributed by atoms with E-state index in [2.05, 4.69) is 32.5 Å². The molecular formula is C12H18N6O. The van der Waals surface area contributed by atoms with Gasteiger partial charge in [-0.3, -0.25) is 14.6 Å². The minimum absolute atomic E-state index is 0.199. The molecule has 0 aromatic carbocycles. The summed E-state index contributed by atoms with van der Waals surface area (Å²) in [5, 5.41) is 13.7. The third-order valence-corrected chi connectivity index (χ3v) is 2.66. The molecule has 2 aromatic heterocycles. The van der Waals surface area contributed by atoms with Gasteiger partial charge in [-0.05, 0) is 12.5 Å². The number of nitrogens with zero attached hydrogens (tertiary/aromatic N) is 4. The van der Waals surface area contributed by atoms with Crippen LogP contribution < -0.4 is 5.32 Å². The lowest BCUT2D eigenvalue weighted by molar-refractivity contribution is 0.0944. The highest BCUT2D eigenvalue weighted by Crippen LogP contribution is 1.97. The average Bonchev–Trinajstić information content (AvgIpc) is 2.99. The van der Waals surface area contributed by atoms with Gasteiger partial charge in [-0.1, -0.05) is 6.92 Å². The predicted molar refractivity (Wildman–Crippen MR) is 69.6 cm³/mol. The highest BCUT2D eigenvalue weighted by atomic mass is 16.2. The third-order valence-electron chi connectivity index (χ3n) is 2.66. The number of aromatic amines is 1. The Kier molecular flexibility index (Phi) is 4.27. The molecule has 2 rings (SSSR count). The van der Waals surface area contributed by atoms with Gasteiger partial charge in [0.1, 0.15) is 5.82 Å². The van der Waals surface area contributed by atoms with Crippen molar-refractivity contribution in [3.63, 3.8) is 0 Å². The molecule has 102 valence electrons. The zero-order valence-electron chi connectivity index (χ0n) is 11.2. The second kappa shape index (κ2) is 6.12. The van der Waals surface area contributed by atoms with E-state index in [0.717, 1.165) is 24.4 Å². The van der Waals surface area contributed by atoms with E-state index in [1.54, 1.807) is 4.68 Å². The number of aryl methyl sites for hydroxylation is 2. The monoisotopic (exact) mass is 262 g/mol. The molecule has 0 atom stereocenters. The van der Waals surface area contributed by atoms with E-state index < -0.39 is 0 Å². The molecule has 0 spiro atoms. The van der Waals surface area contributed by atoms with Gasteiger partial charge in [0.2, 0.25) is 5.82 Å². The summed E-state index contributed by atoms with van der Waals surface area (Å²) in [5.74, 6) is 0.691. The van der Waals surface area contributed by atoms with Crippen molar-refractivity contribution in [3.8, 4) is 0 Å². The normalized spacial score (nSPS) is 10.6. The van der Waals surface area contributed by atoms with Crippen LogP contribution in [-0.4, -0.2) is 37.4 Å². The molecule has 0 aliphatic heterocycles. The summed E-state index contributed by atoms with van der Waals surface area (Å²) in [6, 6.07) is 1.93. The lowest BCUT2D eigenvalue weighted by atomic mass is 10.3. The van der Waals surface area contributed by atoms with Crippen LogP contribution in [0.1, 0.15) is 35.5 Å². The standard InChI is InChI=1S/C12H18N6O/c1-3-4-10-14-11(16-15-10)12(19)13-7-5-9-6-8-18(2)17-9/h6,8H,3-5,7H2,1-2H3,(H,13,19)(H,14,15,16). The number of aromatic nitrogens is 5. The Morgan fingerprint density at radius 3 is 3.00 bits per heavy atom. The maximum atomic E-state index is 11.8. The summed E-state index contributed by atoms with van der Waals surface area (Å²) in [6.07, 6.45) is 4.34. The number of hydrogen-bond acceptors (Lipinski definition) is 4. The maximum absolute atomic E-state index is 11.8. The van der Waals surface area contributed by atoms with Crippen LogP contribution in [0.5, 0.6) is 0 Å². The first-order chi connectivity index (χ1) is 9.19. The first-order valence-corrected chi connectivity index (χ1v) is 6.37. The van der Waals surface area contributed by atoms with Gasteiger partial charge in [0.25, 0.3) is 5.91 Å². The lowest BCUT2D eigenvalue weighted by Gasteiger charge is -2.00. The highest BCUT2D eigenvalue weighted by Gasteiger charge is 2.11. The SMILES string of the molecule is CCCc1nc(C(=O)NCCc2ccn(C)n2)n[nH]1. The summed E-state index contributed by atoms with van der Waals surface area (Å²) < 4.78 is 1.74. The minimum Gasteiger partial charge on any atom is -0.349 e. The second-order valence-corrected chi connectivity index (χ2v) is 4.34. The second-order valence-electron chi connectivity index (χ2n) is 4.34. The lowest BCUT2D eigenvalue weighted by Crippen LogP contribution is -2.26. The van der Waals surface area contributed by atoms with Crippen molar-refractivity contribution < 1.29 is 4.79 Å². The predicted octanol–water partition coefficient (Wildman–Crippen LogP) is 0.463. The smallest absolute Gasteiger partial charge is 0.290 e. The highest BCUT2D eigenvalue weighted by molar-refractivity contribution is 5.90. The molecule has 7 nitrogen and oxygen atoms in total. The fourth-order valence-electron chi connectivity index (χ4n) is 1.73. The Labute approximate surface area is 111 Å². The first kappa shape index (κ1) is 13.3. The Balaban J connectivity index is 1.80. The van der Waals surface area contributed by atoms with Gasteiger partial charge in [-0.15, -0.1) is 5.10 Å². The molecule has 7 heteroatoms. The topological polar surface area (TPSA) is 88.5 Å². The van der Waals surface area contributed by atoms with Crippen molar-refractivity contribution in [2.75, 3.05) is 6.54 Å². The van der Waals surface area contributed by atoms with Crippen LogP contribution in [-0.2, 0) is 19.9 Å². The van der Waals surface area contributed by atoms with Gasteiger partial charge >= 0.3 is 0 Å². The van der Waals surface area contributed by atoms with Crippen LogP contribution in [0.3, 0.4) is 0 Å². The molecule has 2 aromatic rings. The number of nitrogens with one attached hydrogen (secondary N) is 2. The fraction of sp³-hybridized carbons (Fsp3) is 0.500. The fourth-order valence-corrected chi connectivity index (χ4v) is 1.73. The van der Waals surface area contributed by atoms with E-state index >= 15 is 0 Å². The van der Waals surface area contributed by atoms with Crippen LogP contribution in [0.25, 0.3) is 0 Å². The molecule has 2 heterocycles. The number of H-pyrrole nitrogens is 1. The quantitative estimate of drug-likeness (QED) is 0.791. The molecule has 1 amide bonds. The molecule has 0 unspecified atom stereocenters. The summed E-state index contributed by atoms with van der Waals surface area (Å²) in [4.78, 5) is 15.9. The first-order valence-electron chi connectivity index (χ1n) is 6.37. The van der Waals surface area contributed by atoms with Crippen molar-refractivity contribution >= 4 is 5.91 Å². The van der Waals surface area contributed by atoms with Crippen LogP contribution in [0.15, 0.2) is 12.3 Å². The number of rotatable bonds is 6. The molecule has 0 saturated carbocycles. The van der Waals surface area contributed by atoms with Gasteiger partial charge < -0.3 is 5.32 Å². The Morgan fingerprint density at radius 1 is 1.47 bits per heavy atom. The molecule has 0 radical (unpaired) electrons. The summed E-state index contributed by atoms with van der Waals surface area (Å²) >= 11 is 0. The van der Waals surface area contributed by atoms with E-state index in [1.807, 2.05) is 19.3 Å². The number of amides is 1. The van der Waals surface area contributed by atoms with E-state index in [1.165, 1.54) is 0 Å². The van der Waals surface area contributed by atoms with Crippen molar-refractivity contribution in [3.05, 3.63) is 29.6 Å². The molecule has 0 saturated heterocycles. The van der Waals surface area contributed by atoms with Gasteiger partial charge in [0.15, 0.2) is 0 Å². The van der Waals surface area contributed by atoms with E-state index in [0.29, 0.717) is 13.0 Å². The largest absolute Gasteiger partial charge is 0.349 e. The summed E-state index contributed by atoms with van der Waals surface area (Å²) in [6.45, 7) is 2.57. The van der Waals surface area contributed by atoms with Crippen LogP contribution in [0.4, 0.5) is 0 Å². The minimum atomic E-state index is -0.255. The van der Waals surface area contributed by atoms with Gasteiger partial charge in [-0.25, -0.2) is 4.98 Å². The van der Waals surface area contributed by atoms with E-state index in [4.69, 9.17) is 0 Å². The summed E-state index contributed by atoms with van der Waals surface area (Å²) in [7, 11) is 1.87. The average molecular weight is 262 g/mol. The van der Waals surface area contributed by atoms with Crippen molar-refractivity contribution in [2.24, 2.45) is 7.05 Å². The Morgan fingerprint density at radius 2 is 2.32 bits per heavy atom. The van der Waals surface area contributed by atoms with Crippen LogP contribution in [0, 0.1) is 0 Å². The van der Waals surface area contributed by atoms with Crippen molar-refractivity contribution in [2.45, 2.75) is 26.2 Å². The van der Waals surface area contributed by atoms with Crippen molar-refractivity contribution in [1.29, 1.82) is 0 Å². The molecule has 19 heavy (non-hydrogen) atoms. The number of carbonyl (C=O) groups is 1. The number of carbonyl (C=O) groups excluding carboxylic acids is 1.